The highest BCUT2D eigenvalue weighted by Crippen LogP contribution is 2.31. The number of nitrogens with zero attached hydrogens (tertiary/aromatic N) is 2. The molecule has 3 aromatic carbocycles. The van der Waals surface area contributed by atoms with Crippen LogP contribution in [0.3, 0.4) is 0 Å². The first-order chi connectivity index (χ1) is 20.0. The van der Waals surface area contributed by atoms with Crippen molar-refractivity contribution >= 4 is 27.5 Å². The number of anilines is 1. The Hall–Kier alpha value is -4.05. The number of hydrogen-bond donors (Lipinski definition) is 1. The largest absolute Gasteiger partial charge is 0.497 e. The van der Waals surface area contributed by atoms with Crippen LogP contribution in [0.1, 0.15) is 37.0 Å². The van der Waals surface area contributed by atoms with Crippen molar-refractivity contribution in [1.82, 2.24) is 10.2 Å². The SMILES string of the molecule is CC[C@H](C)NC(=O)[C@@H](Cc1ccccc1)N(Cc1cccc(OC)c1)C(=O)CN(c1cc(C)ccc1OC)S(C)(=O)=O. The monoisotopic (exact) mass is 595 g/mol. The molecule has 0 bridgehead atoms. The molecule has 0 saturated heterocycles. The molecule has 0 aromatic heterocycles. The standard InChI is InChI=1S/C32H41N3O6S/c1-7-24(3)33-32(37)29(20-25-12-9-8-10-13-25)34(21-26-14-11-15-27(19-26)40-4)31(36)22-35(42(6,38)39)28-18-23(2)16-17-30(28)41-5/h8-19,24,29H,7,20-22H2,1-6H3,(H,33,37)/t24-,29+/m0/s1. The molecule has 1 N–H and O–H groups in total. The summed E-state index contributed by atoms with van der Waals surface area (Å²) in [5.41, 5.74) is 2.65. The van der Waals surface area contributed by atoms with Crippen LogP contribution >= 0.6 is 0 Å². The van der Waals surface area contributed by atoms with E-state index in [1.807, 2.05) is 63.2 Å². The molecule has 0 aliphatic rings. The number of sulfonamides is 1. The van der Waals surface area contributed by atoms with Gasteiger partial charge in [-0.1, -0.05) is 55.5 Å². The number of amides is 2. The topological polar surface area (TPSA) is 105 Å². The first-order valence-corrected chi connectivity index (χ1v) is 15.7. The summed E-state index contributed by atoms with van der Waals surface area (Å²) < 4.78 is 38.1. The van der Waals surface area contributed by atoms with Crippen LogP contribution in [-0.4, -0.2) is 64.2 Å². The van der Waals surface area contributed by atoms with Gasteiger partial charge < -0.3 is 19.7 Å². The van der Waals surface area contributed by atoms with Gasteiger partial charge in [-0.2, -0.15) is 0 Å². The van der Waals surface area contributed by atoms with E-state index in [0.717, 1.165) is 27.3 Å². The van der Waals surface area contributed by atoms with Crippen LogP contribution in [0.15, 0.2) is 72.8 Å². The lowest BCUT2D eigenvalue weighted by molar-refractivity contribution is -0.140. The summed E-state index contributed by atoms with van der Waals surface area (Å²) in [5, 5.41) is 3.03. The van der Waals surface area contributed by atoms with Gasteiger partial charge in [0.1, 0.15) is 24.1 Å². The molecule has 0 spiro atoms. The van der Waals surface area contributed by atoms with Gasteiger partial charge in [0.05, 0.1) is 26.2 Å². The van der Waals surface area contributed by atoms with Crippen molar-refractivity contribution in [3.05, 3.63) is 89.5 Å². The molecule has 10 heteroatoms. The van der Waals surface area contributed by atoms with E-state index in [2.05, 4.69) is 5.32 Å². The van der Waals surface area contributed by atoms with Crippen LogP contribution in [0.25, 0.3) is 0 Å². The zero-order chi connectivity index (χ0) is 30.9. The summed E-state index contributed by atoms with van der Waals surface area (Å²) >= 11 is 0. The fourth-order valence-corrected chi connectivity index (χ4v) is 5.40. The number of rotatable bonds is 14. The van der Waals surface area contributed by atoms with Crippen molar-refractivity contribution in [2.24, 2.45) is 0 Å². The Morgan fingerprint density at radius 3 is 2.24 bits per heavy atom. The molecule has 42 heavy (non-hydrogen) atoms. The Labute approximate surface area is 249 Å². The third-order valence-electron chi connectivity index (χ3n) is 7.04. The fraction of sp³-hybridized carbons (Fsp3) is 0.375. The van der Waals surface area contributed by atoms with Crippen LogP contribution < -0.4 is 19.1 Å². The Morgan fingerprint density at radius 2 is 1.62 bits per heavy atom. The van der Waals surface area contributed by atoms with Gasteiger partial charge in [0.25, 0.3) is 0 Å². The van der Waals surface area contributed by atoms with Crippen molar-refractivity contribution in [3.8, 4) is 11.5 Å². The van der Waals surface area contributed by atoms with Crippen molar-refractivity contribution in [2.45, 2.75) is 52.2 Å². The van der Waals surface area contributed by atoms with E-state index in [9.17, 15) is 18.0 Å². The number of hydrogen-bond acceptors (Lipinski definition) is 6. The number of carbonyl (C=O) groups excluding carboxylic acids is 2. The summed E-state index contributed by atoms with van der Waals surface area (Å²) in [6, 6.07) is 20.8. The van der Waals surface area contributed by atoms with Gasteiger partial charge in [0, 0.05) is 19.0 Å². The van der Waals surface area contributed by atoms with Gasteiger partial charge in [0.2, 0.25) is 21.8 Å². The van der Waals surface area contributed by atoms with Gasteiger partial charge in [-0.25, -0.2) is 8.42 Å². The minimum absolute atomic E-state index is 0.0595. The molecule has 0 radical (unpaired) electrons. The average molecular weight is 596 g/mol. The second-order valence-corrected chi connectivity index (χ2v) is 12.2. The molecule has 0 aliphatic carbocycles. The quantitative estimate of drug-likeness (QED) is 0.298. The Morgan fingerprint density at radius 1 is 0.929 bits per heavy atom. The number of ether oxygens (including phenoxy) is 2. The van der Waals surface area contributed by atoms with Crippen molar-refractivity contribution in [2.75, 3.05) is 31.3 Å². The maximum absolute atomic E-state index is 14.3. The highest BCUT2D eigenvalue weighted by Gasteiger charge is 2.34. The highest BCUT2D eigenvalue weighted by molar-refractivity contribution is 7.92. The summed E-state index contributed by atoms with van der Waals surface area (Å²) in [5.74, 6) is 0.0647. The van der Waals surface area contributed by atoms with E-state index < -0.39 is 28.5 Å². The molecule has 0 aliphatic heterocycles. The minimum atomic E-state index is -3.92. The maximum atomic E-state index is 14.3. The first kappa shape index (κ1) is 32.5. The summed E-state index contributed by atoms with van der Waals surface area (Å²) in [6.07, 6.45) is 2.00. The fourth-order valence-electron chi connectivity index (χ4n) is 4.55. The Balaban J connectivity index is 2.12. The Kier molecular flexibility index (Phi) is 11.4. The van der Waals surface area contributed by atoms with Crippen molar-refractivity contribution in [1.29, 1.82) is 0 Å². The van der Waals surface area contributed by atoms with E-state index in [0.29, 0.717) is 17.9 Å². The number of aryl methyl sites for hydroxylation is 1. The first-order valence-electron chi connectivity index (χ1n) is 13.9. The molecule has 2 atom stereocenters. The van der Waals surface area contributed by atoms with Crippen molar-refractivity contribution < 1.29 is 27.5 Å². The molecular weight excluding hydrogens is 554 g/mol. The van der Waals surface area contributed by atoms with E-state index in [-0.39, 0.29) is 30.6 Å². The van der Waals surface area contributed by atoms with Crippen LogP contribution in [0.5, 0.6) is 11.5 Å². The molecule has 0 fully saturated rings. The minimum Gasteiger partial charge on any atom is -0.497 e. The van der Waals surface area contributed by atoms with Crippen molar-refractivity contribution in [3.63, 3.8) is 0 Å². The third kappa shape index (κ3) is 8.72. The lowest BCUT2D eigenvalue weighted by Gasteiger charge is -2.34. The molecule has 3 aromatic rings. The van der Waals surface area contributed by atoms with Crippen LogP contribution in [0.4, 0.5) is 5.69 Å². The lowest BCUT2D eigenvalue weighted by atomic mass is 10.0. The molecule has 0 saturated carbocycles. The molecule has 9 nitrogen and oxygen atoms in total. The summed E-state index contributed by atoms with van der Waals surface area (Å²) in [6.45, 7) is 5.24. The predicted molar refractivity (Wildman–Crippen MR) is 165 cm³/mol. The van der Waals surface area contributed by atoms with E-state index in [4.69, 9.17) is 9.47 Å². The van der Waals surface area contributed by atoms with Crippen LogP contribution in [-0.2, 0) is 32.6 Å². The highest BCUT2D eigenvalue weighted by atomic mass is 32.2. The number of nitrogens with one attached hydrogen (secondary N) is 1. The van der Waals surface area contributed by atoms with Crippen LogP contribution in [0, 0.1) is 6.92 Å². The maximum Gasteiger partial charge on any atom is 0.244 e. The lowest BCUT2D eigenvalue weighted by Crippen LogP contribution is -2.54. The second-order valence-electron chi connectivity index (χ2n) is 10.3. The zero-order valence-corrected chi connectivity index (χ0v) is 26.0. The molecule has 2 amide bonds. The predicted octanol–water partition coefficient (Wildman–Crippen LogP) is 4.33. The summed E-state index contributed by atoms with van der Waals surface area (Å²) in [4.78, 5) is 29.5. The molecule has 0 heterocycles. The van der Waals surface area contributed by atoms with E-state index in [1.54, 1.807) is 37.4 Å². The second kappa shape index (κ2) is 14.7. The Bertz CT molecular complexity index is 1460. The summed E-state index contributed by atoms with van der Waals surface area (Å²) in [7, 11) is -0.922. The van der Waals surface area contributed by atoms with Gasteiger partial charge >= 0.3 is 0 Å². The third-order valence-corrected chi connectivity index (χ3v) is 8.17. The number of methoxy groups -OCH3 is 2. The smallest absolute Gasteiger partial charge is 0.244 e. The zero-order valence-electron chi connectivity index (χ0n) is 25.2. The molecule has 3 rings (SSSR count). The van der Waals surface area contributed by atoms with E-state index >= 15 is 0 Å². The van der Waals surface area contributed by atoms with Crippen LogP contribution in [0.2, 0.25) is 0 Å². The number of benzene rings is 3. The van der Waals surface area contributed by atoms with Gasteiger partial charge in [0.15, 0.2) is 0 Å². The molecule has 226 valence electrons. The van der Waals surface area contributed by atoms with Gasteiger partial charge in [-0.05, 0) is 61.2 Å². The van der Waals surface area contributed by atoms with E-state index in [1.165, 1.54) is 12.0 Å². The molecule has 0 unspecified atom stereocenters. The number of carbonyl (C=O) groups is 2. The normalized spacial score (nSPS) is 12.6. The van der Waals surface area contributed by atoms with Gasteiger partial charge in [-0.15, -0.1) is 0 Å². The van der Waals surface area contributed by atoms with Gasteiger partial charge in [-0.3, -0.25) is 13.9 Å². The molecular formula is C32H41N3O6S. The average Bonchev–Trinajstić information content (AvgIpc) is 2.97.